The summed E-state index contributed by atoms with van der Waals surface area (Å²) in [6.45, 7) is 6.27. The summed E-state index contributed by atoms with van der Waals surface area (Å²) in [6.07, 6.45) is 2.16. The largest absolute Gasteiger partial charge is 0.420 e. The summed E-state index contributed by atoms with van der Waals surface area (Å²) < 4.78 is 5.85. The number of aryl methyl sites for hydroxylation is 2. The zero-order valence-electron chi connectivity index (χ0n) is 11.4. The molecule has 4 heteroatoms. The Morgan fingerprint density at radius 2 is 1.89 bits per heavy atom. The predicted octanol–water partition coefficient (Wildman–Crippen LogP) is 2.82. The number of hydrogen-bond acceptors (Lipinski definition) is 4. The number of benzene rings is 1. The minimum atomic E-state index is 0.411. The first kappa shape index (κ1) is 12.4. The molecule has 0 bridgehead atoms. The molecule has 1 aliphatic rings. The quantitative estimate of drug-likeness (QED) is 0.898. The lowest BCUT2D eigenvalue weighted by Crippen LogP contribution is -2.26. The van der Waals surface area contributed by atoms with Gasteiger partial charge < -0.3 is 9.73 Å². The van der Waals surface area contributed by atoms with E-state index in [1.54, 1.807) is 0 Å². The fourth-order valence-corrected chi connectivity index (χ4v) is 2.46. The van der Waals surface area contributed by atoms with Crippen molar-refractivity contribution in [1.82, 2.24) is 15.5 Å². The molecule has 2 heterocycles. The molecule has 1 saturated heterocycles. The second-order valence-electron chi connectivity index (χ2n) is 5.27. The summed E-state index contributed by atoms with van der Waals surface area (Å²) in [7, 11) is 0. The van der Waals surface area contributed by atoms with Crippen LogP contribution in [0.1, 0.15) is 35.8 Å². The van der Waals surface area contributed by atoms with Crippen LogP contribution in [-0.4, -0.2) is 23.3 Å². The van der Waals surface area contributed by atoms with E-state index in [1.807, 2.05) is 6.07 Å². The molecule has 0 spiro atoms. The molecule has 0 saturated carbocycles. The van der Waals surface area contributed by atoms with Crippen LogP contribution in [0, 0.1) is 13.8 Å². The van der Waals surface area contributed by atoms with E-state index < -0.39 is 0 Å². The van der Waals surface area contributed by atoms with Crippen LogP contribution in [0.25, 0.3) is 11.5 Å². The molecule has 1 N–H and O–H groups in total. The van der Waals surface area contributed by atoms with Crippen LogP contribution in [0.3, 0.4) is 0 Å². The number of nitrogens with zero attached hydrogens (tertiary/aromatic N) is 2. The number of hydrogen-bond donors (Lipinski definition) is 1. The fourth-order valence-electron chi connectivity index (χ4n) is 2.46. The van der Waals surface area contributed by atoms with Crippen LogP contribution in [0.15, 0.2) is 22.6 Å². The van der Waals surface area contributed by atoms with Gasteiger partial charge in [0.2, 0.25) is 11.8 Å². The van der Waals surface area contributed by atoms with Crippen molar-refractivity contribution in [3.05, 3.63) is 35.2 Å². The van der Waals surface area contributed by atoms with Gasteiger partial charge in [-0.05, 0) is 63.0 Å². The Balaban J connectivity index is 1.85. The number of nitrogens with one attached hydrogen (secondary N) is 1. The van der Waals surface area contributed by atoms with Gasteiger partial charge in [0.1, 0.15) is 0 Å². The Morgan fingerprint density at radius 3 is 2.63 bits per heavy atom. The van der Waals surface area contributed by atoms with Crippen LogP contribution in [0.2, 0.25) is 0 Å². The summed E-state index contributed by atoms with van der Waals surface area (Å²) in [5.74, 6) is 1.83. The van der Waals surface area contributed by atoms with Gasteiger partial charge in [-0.1, -0.05) is 6.07 Å². The topological polar surface area (TPSA) is 51.0 Å². The van der Waals surface area contributed by atoms with Gasteiger partial charge in [0.05, 0.1) is 0 Å². The first-order valence-corrected chi connectivity index (χ1v) is 6.86. The summed E-state index contributed by atoms with van der Waals surface area (Å²) >= 11 is 0. The van der Waals surface area contributed by atoms with Crippen LogP contribution in [-0.2, 0) is 0 Å². The second kappa shape index (κ2) is 5.13. The lowest BCUT2D eigenvalue weighted by Gasteiger charge is -2.18. The Kier molecular flexibility index (Phi) is 3.34. The standard InChI is InChI=1S/C15H19N3O/c1-10-3-4-13(9-11(10)2)15-18-17-14(19-15)12-5-7-16-8-6-12/h3-4,9,12,16H,5-8H2,1-2H3. The van der Waals surface area contributed by atoms with E-state index >= 15 is 0 Å². The van der Waals surface area contributed by atoms with Gasteiger partial charge in [-0.3, -0.25) is 0 Å². The van der Waals surface area contributed by atoms with E-state index in [9.17, 15) is 0 Å². The smallest absolute Gasteiger partial charge is 0.247 e. The molecule has 1 aromatic heterocycles. The summed E-state index contributed by atoms with van der Waals surface area (Å²) in [6, 6.07) is 6.25. The summed E-state index contributed by atoms with van der Waals surface area (Å²) in [5.41, 5.74) is 3.54. The maximum atomic E-state index is 5.85. The first-order chi connectivity index (χ1) is 9.24. The van der Waals surface area contributed by atoms with Crippen molar-refractivity contribution in [3.8, 4) is 11.5 Å². The van der Waals surface area contributed by atoms with Crippen LogP contribution >= 0.6 is 0 Å². The SMILES string of the molecule is Cc1ccc(-c2nnc(C3CCNCC3)o2)cc1C. The van der Waals surface area contributed by atoms with Crippen LogP contribution in [0.5, 0.6) is 0 Å². The Labute approximate surface area is 113 Å². The Morgan fingerprint density at radius 1 is 1.11 bits per heavy atom. The molecule has 1 aliphatic heterocycles. The molecule has 0 amide bonds. The van der Waals surface area contributed by atoms with Crippen molar-refractivity contribution in [2.75, 3.05) is 13.1 Å². The molecule has 2 aromatic rings. The van der Waals surface area contributed by atoms with E-state index in [0.717, 1.165) is 37.4 Å². The minimum Gasteiger partial charge on any atom is -0.420 e. The van der Waals surface area contributed by atoms with Gasteiger partial charge >= 0.3 is 0 Å². The van der Waals surface area contributed by atoms with Crippen LogP contribution < -0.4 is 5.32 Å². The third-order valence-electron chi connectivity index (χ3n) is 3.88. The second-order valence-corrected chi connectivity index (χ2v) is 5.27. The van der Waals surface area contributed by atoms with Gasteiger partial charge in [0.25, 0.3) is 0 Å². The van der Waals surface area contributed by atoms with Gasteiger partial charge in [0.15, 0.2) is 0 Å². The molecule has 1 fully saturated rings. The van der Waals surface area contributed by atoms with E-state index in [2.05, 4.69) is 41.5 Å². The Bertz CT molecular complexity index is 571. The number of rotatable bonds is 2. The van der Waals surface area contributed by atoms with Gasteiger partial charge in [-0.15, -0.1) is 10.2 Å². The lowest BCUT2D eigenvalue weighted by molar-refractivity contribution is 0.378. The molecule has 0 atom stereocenters. The highest BCUT2D eigenvalue weighted by atomic mass is 16.4. The zero-order chi connectivity index (χ0) is 13.2. The number of aromatic nitrogens is 2. The predicted molar refractivity (Wildman–Crippen MR) is 74.1 cm³/mol. The van der Waals surface area contributed by atoms with Crippen molar-refractivity contribution in [2.24, 2.45) is 0 Å². The molecular weight excluding hydrogens is 238 g/mol. The van der Waals surface area contributed by atoms with Crippen molar-refractivity contribution in [3.63, 3.8) is 0 Å². The van der Waals surface area contributed by atoms with Gasteiger partial charge in [0, 0.05) is 11.5 Å². The molecule has 0 aliphatic carbocycles. The molecule has 19 heavy (non-hydrogen) atoms. The molecule has 0 unspecified atom stereocenters. The first-order valence-electron chi connectivity index (χ1n) is 6.86. The lowest BCUT2D eigenvalue weighted by atomic mass is 9.98. The fraction of sp³-hybridized carbons (Fsp3) is 0.467. The normalized spacial score (nSPS) is 16.7. The van der Waals surface area contributed by atoms with Gasteiger partial charge in [-0.25, -0.2) is 0 Å². The van der Waals surface area contributed by atoms with E-state index in [1.165, 1.54) is 11.1 Å². The third kappa shape index (κ3) is 2.54. The van der Waals surface area contributed by atoms with Crippen LogP contribution in [0.4, 0.5) is 0 Å². The minimum absolute atomic E-state index is 0.411. The average Bonchev–Trinajstić information content (AvgIpc) is 2.93. The van der Waals surface area contributed by atoms with Crippen molar-refractivity contribution < 1.29 is 4.42 Å². The number of piperidine rings is 1. The summed E-state index contributed by atoms with van der Waals surface area (Å²) in [4.78, 5) is 0. The van der Waals surface area contributed by atoms with E-state index in [0.29, 0.717) is 11.8 Å². The highest BCUT2D eigenvalue weighted by Gasteiger charge is 2.21. The summed E-state index contributed by atoms with van der Waals surface area (Å²) in [5, 5.41) is 11.8. The molecule has 100 valence electrons. The Hall–Kier alpha value is -1.68. The molecule has 4 nitrogen and oxygen atoms in total. The maximum Gasteiger partial charge on any atom is 0.247 e. The zero-order valence-corrected chi connectivity index (χ0v) is 11.4. The van der Waals surface area contributed by atoms with Crippen molar-refractivity contribution in [2.45, 2.75) is 32.6 Å². The molecule has 3 rings (SSSR count). The van der Waals surface area contributed by atoms with Crippen molar-refractivity contribution >= 4 is 0 Å². The van der Waals surface area contributed by atoms with E-state index in [4.69, 9.17) is 4.42 Å². The highest BCUT2D eigenvalue weighted by Crippen LogP contribution is 2.27. The van der Waals surface area contributed by atoms with E-state index in [-0.39, 0.29) is 0 Å². The maximum absolute atomic E-state index is 5.85. The third-order valence-corrected chi connectivity index (χ3v) is 3.88. The highest BCUT2D eigenvalue weighted by molar-refractivity contribution is 5.55. The molecule has 1 aromatic carbocycles. The monoisotopic (exact) mass is 257 g/mol. The molecular formula is C15H19N3O. The van der Waals surface area contributed by atoms with Crippen molar-refractivity contribution in [1.29, 1.82) is 0 Å². The van der Waals surface area contributed by atoms with Gasteiger partial charge in [-0.2, -0.15) is 0 Å². The molecule has 0 radical (unpaired) electrons. The average molecular weight is 257 g/mol.